The van der Waals surface area contributed by atoms with Gasteiger partial charge in [-0.25, -0.2) is 0 Å². The second-order valence-corrected chi connectivity index (χ2v) is 5.36. The molecule has 1 aromatic carbocycles. The van der Waals surface area contributed by atoms with E-state index in [1.807, 2.05) is 12.1 Å². The third-order valence-corrected chi connectivity index (χ3v) is 3.44. The third-order valence-electron chi connectivity index (χ3n) is 3.44. The van der Waals surface area contributed by atoms with Crippen LogP contribution >= 0.6 is 0 Å². The van der Waals surface area contributed by atoms with Gasteiger partial charge < -0.3 is 16.4 Å². The molecule has 1 aromatic rings. The minimum absolute atomic E-state index is 0.134. The fourth-order valence-electron chi connectivity index (χ4n) is 2.17. The lowest BCUT2D eigenvalue weighted by Crippen LogP contribution is -2.28. The summed E-state index contributed by atoms with van der Waals surface area (Å²) in [6.45, 7) is 5.03. The molecule has 21 heavy (non-hydrogen) atoms. The van der Waals surface area contributed by atoms with E-state index in [1.54, 1.807) is 0 Å². The Kier molecular flexibility index (Phi) is 9.49. The van der Waals surface area contributed by atoms with Crippen molar-refractivity contribution in [2.24, 2.45) is 5.73 Å². The molecule has 4 N–H and O–H groups in total. The van der Waals surface area contributed by atoms with E-state index >= 15 is 0 Å². The molecule has 1 amide bonds. The summed E-state index contributed by atoms with van der Waals surface area (Å²) in [6, 6.07) is 8.21. The fraction of sp³-hybridized carbons (Fsp3) is 0.588. The van der Waals surface area contributed by atoms with Gasteiger partial charge in [-0.1, -0.05) is 50.5 Å². The van der Waals surface area contributed by atoms with Crippen molar-refractivity contribution >= 4 is 5.91 Å². The minimum Gasteiger partial charge on any atom is -0.356 e. The standard InChI is InChI=1S/C17H29N3O/c1-2-3-4-5-10-20-17(21)9-11-19-14-16-8-6-7-15(12-16)13-18/h6-8,12,19H,2-5,9-11,13-14,18H2,1H3,(H,20,21). The molecule has 0 spiro atoms. The molecule has 0 aliphatic heterocycles. The minimum atomic E-state index is 0.134. The number of amides is 1. The van der Waals surface area contributed by atoms with Gasteiger partial charge in [-0.05, 0) is 17.5 Å². The normalized spacial score (nSPS) is 10.6. The first-order chi connectivity index (χ1) is 10.3. The average molecular weight is 291 g/mol. The van der Waals surface area contributed by atoms with Gasteiger partial charge in [0.2, 0.25) is 5.91 Å². The maximum absolute atomic E-state index is 11.6. The maximum atomic E-state index is 11.6. The van der Waals surface area contributed by atoms with Crippen molar-refractivity contribution < 1.29 is 4.79 Å². The van der Waals surface area contributed by atoms with E-state index in [0.29, 0.717) is 19.5 Å². The molecular weight excluding hydrogens is 262 g/mol. The first-order valence-electron chi connectivity index (χ1n) is 8.01. The molecule has 0 atom stereocenters. The zero-order chi connectivity index (χ0) is 15.3. The molecule has 118 valence electrons. The lowest BCUT2D eigenvalue weighted by molar-refractivity contribution is -0.121. The van der Waals surface area contributed by atoms with Crippen LogP contribution in [0.1, 0.15) is 50.2 Å². The van der Waals surface area contributed by atoms with E-state index in [1.165, 1.54) is 24.8 Å². The predicted molar refractivity (Wildman–Crippen MR) is 87.8 cm³/mol. The summed E-state index contributed by atoms with van der Waals surface area (Å²) >= 11 is 0. The largest absolute Gasteiger partial charge is 0.356 e. The highest BCUT2D eigenvalue weighted by Crippen LogP contribution is 2.04. The number of nitrogens with two attached hydrogens (primary N) is 1. The number of benzene rings is 1. The van der Waals surface area contributed by atoms with Crippen molar-refractivity contribution in [3.63, 3.8) is 0 Å². The molecule has 0 heterocycles. The van der Waals surface area contributed by atoms with Crippen molar-refractivity contribution in [1.29, 1.82) is 0 Å². The first kappa shape index (κ1) is 17.7. The number of carbonyl (C=O) groups excluding carboxylic acids is 1. The van der Waals surface area contributed by atoms with Crippen LogP contribution in [-0.2, 0) is 17.9 Å². The first-order valence-corrected chi connectivity index (χ1v) is 8.01. The highest BCUT2D eigenvalue weighted by atomic mass is 16.1. The SMILES string of the molecule is CCCCCCNC(=O)CCNCc1cccc(CN)c1. The Bertz CT molecular complexity index is 407. The second kappa shape index (κ2) is 11.3. The number of rotatable bonds is 11. The number of nitrogens with one attached hydrogen (secondary N) is 2. The Morgan fingerprint density at radius 3 is 2.71 bits per heavy atom. The lowest BCUT2D eigenvalue weighted by atomic mass is 10.1. The Hall–Kier alpha value is -1.39. The van der Waals surface area contributed by atoms with Crippen molar-refractivity contribution in [1.82, 2.24) is 10.6 Å². The van der Waals surface area contributed by atoms with Crippen molar-refractivity contribution in [2.75, 3.05) is 13.1 Å². The van der Waals surface area contributed by atoms with Gasteiger partial charge in [-0.3, -0.25) is 4.79 Å². The molecular formula is C17H29N3O. The van der Waals surface area contributed by atoms with Crippen LogP contribution in [0.4, 0.5) is 0 Å². The van der Waals surface area contributed by atoms with Gasteiger partial charge in [0, 0.05) is 32.6 Å². The van der Waals surface area contributed by atoms with Gasteiger partial charge in [0.05, 0.1) is 0 Å². The molecule has 1 rings (SSSR count). The van der Waals surface area contributed by atoms with E-state index in [9.17, 15) is 4.79 Å². The van der Waals surface area contributed by atoms with Crippen LogP contribution in [0.3, 0.4) is 0 Å². The summed E-state index contributed by atoms with van der Waals surface area (Å²) in [6.07, 6.45) is 5.29. The van der Waals surface area contributed by atoms with Crippen molar-refractivity contribution in [3.05, 3.63) is 35.4 Å². The van der Waals surface area contributed by atoms with Crippen LogP contribution in [-0.4, -0.2) is 19.0 Å². The molecule has 0 saturated heterocycles. The summed E-state index contributed by atoms with van der Waals surface area (Å²) in [5.74, 6) is 0.134. The van der Waals surface area contributed by atoms with E-state index in [0.717, 1.165) is 25.1 Å². The highest BCUT2D eigenvalue weighted by molar-refractivity contribution is 5.75. The van der Waals surface area contributed by atoms with Crippen LogP contribution in [0.2, 0.25) is 0 Å². The summed E-state index contributed by atoms with van der Waals surface area (Å²) in [5, 5.41) is 6.26. The van der Waals surface area contributed by atoms with E-state index in [-0.39, 0.29) is 5.91 Å². The van der Waals surface area contributed by atoms with Gasteiger partial charge >= 0.3 is 0 Å². The average Bonchev–Trinajstić information content (AvgIpc) is 2.51. The number of unbranched alkanes of at least 4 members (excludes halogenated alkanes) is 3. The van der Waals surface area contributed by atoms with Crippen LogP contribution in [0.25, 0.3) is 0 Å². The molecule has 0 saturated carbocycles. The van der Waals surface area contributed by atoms with Crippen LogP contribution in [0.15, 0.2) is 24.3 Å². The smallest absolute Gasteiger partial charge is 0.221 e. The zero-order valence-electron chi connectivity index (χ0n) is 13.2. The number of hydrogen-bond acceptors (Lipinski definition) is 3. The zero-order valence-corrected chi connectivity index (χ0v) is 13.2. The van der Waals surface area contributed by atoms with E-state index < -0.39 is 0 Å². The predicted octanol–water partition coefficient (Wildman–Crippen LogP) is 2.32. The lowest BCUT2D eigenvalue weighted by Gasteiger charge is -2.07. The molecule has 0 aromatic heterocycles. The van der Waals surface area contributed by atoms with E-state index in [2.05, 4.69) is 29.7 Å². The Morgan fingerprint density at radius 2 is 1.95 bits per heavy atom. The molecule has 0 aliphatic rings. The number of carbonyl (C=O) groups is 1. The summed E-state index contributed by atoms with van der Waals surface area (Å²) in [5.41, 5.74) is 7.96. The highest BCUT2D eigenvalue weighted by Gasteiger charge is 2.00. The molecule has 0 unspecified atom stereocenters. The molecule has 0 fully saturated rings. The molecule has 4 nitrogen and oxygen atoms in total. The van der Waals surface area contributed by atoms with Crippen LogP contribution in [0.5, 0.6) is 0 Å². The monoisotopic (exact) mass is 291 g/mol. The Morgan fingerprint density at radius 1 is 1.14 bits per heavy atom. The summed E-state index contributed by atoms with van der Waals surface area (Å²) in [4.78, 5) is 11.6. The van der Waals surface area contributed by atoms with E-state index in [4.69, 9.17) is 5.73 Å². The van der Waals surface area contributed by atoms with Crippen molar-refractivity contribution in [2.45, 2.75) is 52.1 Å². The molecule has 0 radical (unpaired) electrons. The maximum Gasteiger partial charge on any atom is 0.221 e. The van der Waals surface area contributed by atoms with Crippen molar-refractivity contribution in [3.8, 4) is 0 Å². The number of hydrogen-bond donors (Lipinski definition) is 3. The van der Waals surface area contributed by atoms with Gasteiger partial charge in [-0.2, -0.15) is 0 Å². The van der Waals surface area contributed by atoms with Crippen LogP contribution in [0, 0.1) is 0 Å². The molecule has 4 heteroatoms. The van der Waals surface area contributed by atoms with Crippen LogP contribution < -0.4 is 16.4 Å². The van der Waals surface area contributed by atoms with Gasteiger partial charge in [0.25, 0.3) is 0 Å². The molecule has 0 aliphatic carbocycles. The third kappa shape index (κ3) is 8.48. The Labute approximate surface area is 128 Å². The van der Waals surface area contributed by atoms with Gasteiger partial charge in [0.1, 0.15) is 0 Å². The van der Waals surface area contributed by atoms with Gasteiger partial charge in [0.15, 0.2) is 0 Å². The Balaban J connectivity index is 2.06. The van der Waals surface area contributed by atoms with Gasteiger partial charge in [-0.15, -0.1) is 0 Å². The molecule has 0 bridgehead atoms. The fourth-order valence-corrected chi connectivity index (χ4v) is 2.17. The second-order valence-electron chi connectivity index (χ2n) is 5.36. The quantitative estimate of drug-likeness (QED) is 0.548. The summed E-state index contributed by atoms with van der Waals surface area (Å²) < 4.78 is 0. The topological polar surface area (TPSA) is 67.2 Å². The summed E-state index contributed by atoms with van der Waals surface area (Å²) in [7, 11) is 0.